The van der Waals surface area contributed by atoms with Gasteiger partial charge in [-0.2, -0.15) is 16.1 Å². The summed E-state index contributed by atoms with van der Waals surface area (Å²) in [5.41, 5.74) is 6.23. The molecule has 4 nitrogen and oxygen atoms in total. The van der Waals surface area contributed by atoms with Gasteiger partial charge in [-0.25, -0.2) is 8.42 Å². The van der Waals surface area contributed by atoms with Gasteiger partial charge in [-0.15, -0.1) is 0 Å². The second-order valence-corrected chi connectivity index (χ2v) is 7.94. The van der Waals surface area contributed by atoms with Crippen LogP contribution in [0, 0.1) is 0 Å². The minimum absolute atomic E-state index is 0.0146. The number of thioether (sulfide) groups is 1. The molecule has 1 aliphatic heterocycles. The van der Waals surface area contributed by atoms with Crippen LogP contribution in [0.3, 0.4) is 0 Å². The lowest BCUT2D eigenvalue weighted by Gasteiger charge is -2.32. The van der Waals surface area contributed by atoms with Crippen LogP contribution in [-0.4, -0.2) is 36.8 Å². The number of halogens is 1. The minimum Gasteiger partial charge on any atom is -0.326 e. The van der Waals surface area contributed by atoms with E-state index in [-0.39, 0.29) is 17.5 Å². The van der Waals surface area contributed by atoms with Crippen LogP contribution in [0.1, 0.15) is 12.5 Å². The van der Waals surface area contributed by atoms with Crippen molar-refractivity contribution in [3.05, 3.63) is 28.8 Å². The number of nitrogens with two attached hydrogens (primary N) is 1. The van der Waals surface area contributed by atoms with Crippen LogP contribution in [0.2, 0.25) is 5.02 Å². The molecule has 1 heterocycles. The first-order chi connectivity index (χ1) is 8.96. The number of benzene rings is 1. The molecule has 2 rings (SSSR count). The van der Waals surface area contributed by atoms with E-state index < -0.39 is 10.0 Å². The molecule has 1 aromatic rings. The van der Waals surface area contributed by atoms with Crippen molar-refractivity contribution in [1.82, 2.24) is 4.31 Å². The topological polar surface area (TPSA) is 63.4 Å². The van der Waals surface area contributed by atoms with E-state index in [1.807, 2.05) is 6.92 Å². The quantitative estimate of drug-likeness (QED) is 0.924. The predicted molar refractivity (Wildman–Crippen MR) is 80.0 cm³/mol. The molecule has 1 unspecified atom stereocenters. The van der Waals surface area contributed by atoms with Gasteiger partial charge < -0.3 is 5.73 Å². The maximum absolute atomic E-state index is 12.6. The number of rotatable bonds is 3. The summed E-state index contributed by atoms with van der Waals surface area (Å²) in [6, 6.07) is 4.73. The fourth-order valence-corrected chi connectivity index (χ4v) is 5.17. The van der Waals surface area contributed by atoms with Crippen molar-refractivity contribution in [1.29, 1.82) is 0 Å². The van der Waals surface area contributed by atoms with E-state index in [0.29, 0.717) is 17.1 Å². The standard InChI is InChI=1S/C12H17ClN2O2S2/c1-9-8-18-5-4-15(9)19(16,17)11-2-3-12(13)10(6-11)7-14/h2-3,6,9H,4-5,7-8,14H2,1H3. The van der Waals surface area contributed by atoms with Gasteiger partial charge in [-0.1, -0.05) is 11.6 Å². The van der Waals surface area contributed by atoms with Gasteiger partial charge in [0.05, 0.1) is 4.90 Å². The first kappa shape index (κ1) is 15.1. The van der Waals surface area contributed by atoms with E-state index >= 15 is 0 Å². The molecular weight excluding hydrogens is 304 g/mol. The summed E-state index contributed by atoms with van der Waals surface area (Å²) in [4.78, 5) is 0.274. The molecule has 1 aliphatic rings. The number of nitrogens with zero attached hydrogens (tertiary/aromatic N) is 1. The van der Waals surface area contributed by atoms with E-state index in [1.54, 1.807) is 34.3 Å². The average Bonchev–Trinajstić information content (AvgIpc) is 2.39. The van der Waals surface area contributed by atoms with Gasteiger partial charge in [-0.3, -0.25) is 0 Å². The fourth-order valence-electron chi connectivity index (χ4n) is 2.07. The molecule has 0 bridgehead atoms. The van der Waals surface area contributed by atoms with Gasteiger partial charge in [-0.05, 0) is 30.7 Å². The SMILES string of the molecule is CC1CSCCN1S(=O)(=O)c1ccc(Cl)c(CN)c1. The second kappa shape index (κ2) is 6.01. The fraction of sp³-hybridized carbons (Fsp3) is 0.500. The monoisotopic (exact) mass is 320 g/mol. The first-order valence-electron chi connectivity index (χ1n) is 6.05. The zero-order valence-corrected chi connectivity index (χ0v) is 13.1. The van der Waals surface area contributed by atoms with Gasteiger partial charge >= 0.3 is 0 Å². The smallest absolute Gasteiger partial charge is 0.243 e. The zero-order chi connectivity index (χ0) is 14.0. The highest BCUT2D eigenvalue weighted by Gasteiger charge is 2.31. The van der Waals surface area contributed by atoms with E-state index in [1.165, 1.54) is 0 Å². The third-order valence-electron chi connectivity index (χ3n) is 3.15. The van der Waals surface area contributed by atoms with Crippen molar-refractivity contribution in [2.24, 2.45) is 5.73 Å². The third kappa shape index (κ3) is 3.08. The average molecular weight is 321 g/mol. The molecule has 1 atom stereocenters. The molecule has 2 N–H and O–H groups in total. The van der Waals surface area contributed by atoms with E-state index in [2.05, 4.69) is 0 Å². The molecule has 19 heavy (non-hydrogen) atoms. The van der Waals surface area contributed by atoms with Crippen molar-refractivity contribution in [3.8, 4) is 0 Å². The molecule has 1 saturated heterocycles. The summed E-state index contributed by atoms with van der Waals surface area (Å²) < 4.78 is 26.8. The van der Waals surface area contributed by atoms with Crippen molar-refractivity contribution >= 4 is 33.4 Å². The third-order valence-corrected chi connectivity index (χ3v) is 6.72. The molecule has 0 aliphatic carbocycles. The lowest BCUT2D eigenvalue weighted by Crippen LogP contribution is -2.44. The van der Waals surface area contributed by atoms with Crippen molar-refractivity contribution in [2.45, 2.75) is 24.4 Å². The number of hydrogen-bond donors (Lipinski definition) is 1. The van der Waals surface area contributed by atoms with Crippen LogP contribution >= 0.6 is 23.4 Å². The maximum Gasteiger partial charge on any atom is 0.243 e. The second-order valence-electron chi connectivity index (χ2n) is 4.50. The first-order valence-corrected chi connectivity index (χ1v) is 9.02. The summed E-state index contributed by atoms with van der Waals surface area (Å²) in [6.45, 7) is 2.71. The number of hydrogen-bond acceptors (Lipinski definition) is 4. The van der Waals surface area contributed by atoms with Crippen molar-refractivity contribution in [3.63, 3.8) is 0 Å². The summed E-state index contributed by atoms with van der Waals surface area (Å²) in [5.74, 6) is 1.66. The van der Waals surface area contributed by atoms with Crippen LogP contribution in [-0.2, 0) is 16.6 Å². The van der Waals surface area contributed by atoms with Gasteiger partial charge in [0.2, 0.25) is 10.0 Å². The molecule has 0 saturated carbocycles. The highest BCUT2D eigenvalue weighted by molar-refractivity contribution is 7.99. The Hall–Kier alpha value is -0.270. The Kier molecular flexibility index (Phi) is 4.79. The van der Waals surface area contributed by atoms with E-state index in [0.717, 1.165) is 11.5 Å². The molecule has 0 spiro atoms. The van der Waals surface area contributed by atoms with Gasteiger partial charge in [0.25, 0.3) is 0 Å². The van der Waals surface area contributed by atoms with Crippen molar-refractivity contribution < 1.29 is 8.42 Å². The Morgan fingerprint density at radius 2 is 2.26 bits per heavy atom. The summed E-state index contributed by atoms with van der Waals surface area (Å²) in [6.07, 6.45) is 0. The minimum atomic E-state index is -3.45. The van der Waals surface area contributed by atoms with E-state index in [4.69, 9.17) is 17.3 Å². The van der Waals surface area contributed by atoms with Gasteiger partial charge in [0, 0.05) is 35.7 Å². The van der Waals surface area contributed by atoms with Crippen LogP contribution in [0.15, 0.2) is 23.1 Å². The highest BCUT2D eigenvalue weighted by atomic mass is 35.5. The van der Waals surface area contributed by atoms with Crippen LogP contribution in [0.5, 0.6) is 0 Å². The molecule has 1 aromatic carbocycles. The Balaban J connectivity index is 2.38. The maximum atomic E-state index is 12.6. The Morgan fingerprint density at radius 3 is 2.89 bits per heavy atom. The molecule has 0 aromatic heterocycles. The lowest BCUT2D eigenvalue weighted by atomic mass is 10.2. The Morgan fingerprint density at radius 1 is 1.53 bits per heavy atom. The Bertz CT molecular complexity index is 563. The zero-order valence-electron chi connectivity index (χ0n) is 10.7. The molecule has 106 valence electrons. The highest BCUT2D eigenvalue weighted by Crippen LogP contribution is 2.27. The lowest BCUT2D eigenvalue weighted by molar-refractivity contribution is 0.367. The van der Waals surface area contributed by atoms with Crippen LogP contribution in [0.25, 0.3) is 0 Å². The van der Waals surface area contributed by atoms with Crippen molar-refractivity contribution in [2.75, 3.05) is 18.1 Å². The Labute approximate surface area is 123 Å². The van der Waals surface area contributed by atoms with E-state index in [9.17, 15) is 8.42 Å². The van der Waals surface area contributed by atoms with Crippen LogP contribution in [0.4, 0.5) is 0 Å². The molecule has 0 amide bonds. The normalized spacial score (nSPS) is 21.5. The van der Waals surface area contributed by atoms with Crippen LogP contribution < -0.4 is 5.73 Å². The van der Waals surface area contributed by atoms with Gasteiger partial charge in [0.1, 0.15) is 0 Å². The summed E-state index contributed by atoms with van der Waals surface area (Å²) in [5, 5.41) is 0.503. The van der Waals surface area contributed by atoms with Gasteiger partial charge in [0.15, 0.2) is 0 Å². The molecule has 1 fully saturated rings. The predicted octanol–water partition coefficient (Wildman–Crippen LogP) is 1.92. The molecule has 0 radical (unpaired) electrons. The largest absolute Gasteiger partial charge is 0.326 e. The summed E-state index contributed by atoms with van der Waals surface area (Å²) in [7, 11) is -3.45. The molecule has 7 heteroatoms. The number of sulfonamides is 1. The molecular formula is C12H17ClN2O2S2. The summed E-state index contributed by atoms with van der Waals surface area (Å²) >= 11 is 7.75.